The molecule has 0 unspecified atom stereocenters. The highest BCUT2D eigenvalue weighted by Gasteiger charge is 2.02. The van der Waals surface area contributed by atoms with Crippen LogP contribution in [-0.2, 0) is 4.79 Å². The van der Waals surface area contributed by atoms with Gasteiger partial charge in [-0.1, -0.05) is 12.1 Å². The lowest BCUT2D eigenvalue weighted by molar-refractivity contribution is -0.119. The number of carbonyl (C=O) groups excluding carboxylic acids is 2. The van der Waals surface area contributed by atoms with Crippen molar-refractivity contribution in [2.75, 3.05) is 6.61 Å². The number of benzene rings is 1. The van der Waals surface area contributed by atoms with Crippen LogP contribution >= 0.6 is 0 Å². The van der Waals surface area contributed by atoms with Gasteiger partial charge in [-0.15, -0.1) is 0 Å². The van der Waals surface area contributed by atoms with Gasteiger partial charge in [0.25, 0.3) is 5.91 Å². The molecule has 0 saturated heterocycles. The van der Waals surface area contributed by atoms with E-state index >= 15 is 0 Å². The van der Waals surface area contributed by atoms with Crippen molar-refractivity contribution in [2.24, 2.45) is 16.6 Å². The molecule has 0 aromatic heterocycles. The number of hydrogen-bond donors (Lipinski definition) is 3. The fraction of sp³-hybridized carbons (Fsp3) is 0.100. The molecule has 0 bridgehead atoms. The fourth-order valence-electron chi connectivity index (χ4n) is 1.03. The molecule has 0 saturated carbocycles. The first kappa shape index (κ1) is 12.5. The molecule has 7 heteroatoms. The monoisotopic (exact) mass is 236 g/mol. The van der Waals surface area contributed by atoms with Crippen molar-refractivity contribution in [1.29, 1.82) is 0 Å². The number of nitrogens with two attached hydrogens (primary N) is 2. The highest BCUT2D eigenvalue weighted by molar-refractivity contribution is 5.85. The Kier molecular flexibility index (Phi) is 4.49. The van der Waals surface area contributed by atoms with E-state index in [1.807, 2.05) is 5.43 Å². The topological polar surface area (TPSA) is 120 Å². The SMILES string of the molecule is NC(=O)COc1ccccc1/C=N\NC(N)=O. The number of ether oxygens (including phenoxy) is 1. The minimum Gasteiger partial charge on any atom is -0.483 e. The molecule has 0 atom stereocenters. The second-order valence-corrected chi connectivity index (χ2v) is 3.03. The van der Waals surface area contributed by atoms with Crippen LogP contribution in [0.1, 0.15) is 5.56 Å². The zero-order valence-corrected chi connectivity index (χ0v) is 8.92. The van der Waals surface area contributed by atoms with Gasteiger partial charge in [-0.05, 0) is 12.1 Å². The van der Waals surface area contributed by atoms with E-state index in [1.165, 1.54) is 6.21 Å². The predicted octanol–water partition coefficient (Wildman–Crippen LogP) is -0.447. The molecule has 1 rings (SSSR count). The Balaban J connectivity index is 2.73. The molecule has 0 heterocycles. The van der Waals surface area contributed by atoms with Crippen molar-refractivity contribution < 1.29 is 14.3 Å². The predicted molar refractivity (Wildman–Crippen MR) is 61.4 cm³/mol. The average Bonchev–Trinajstić information content (AvgIpc) is 2.27. The maximum atomic E-state index is 10.6. The van der Waals surface area contributed by atoms with Gasteiger partial charge >= 0.3 is 6.03 Å². The molecule has 0 aliphatic heterocycles. The van der Waals surface area contributed by atoms with E-state index in [0.29, 0.717) is 11.3 Å². The third kappa shape index (κ3) is 4.65. The van der Waals surface area contributed by atoms with Crippen molar-refractivity contribution >= 4 is 18.2 Å². The van der Waals surface area contributed by atoms with Gasteiger partial charge in [0.2, 0.25) is 0 Å². The van der Waals surface area contributed by atoms with Gasteiger partial charge < -0.3 is 16.2 Å². The minimum absolute atomic E-state index is 0.228. The van der Waals surface area contributed by atoms with Crippen LogP contribution in [0.2, 0.25) is 0 Å². The van der Waals surface area contributed by atoms with E-state index in [4.69, 9.17) is 16.2 Å². The van der Waals surface area contributed by atoms with Crippen molar-refractivity contribution in [3.63, 3.8) is 0 Å². The molecule has 0 aliphatic carbocycles. The lowest BCUT2D eigenvalue weighted by Gasteiger charge is -2.06. The van der Waals surface area contributed by atoms with Crippen LogP contribution in [0.15, 0.2) is 29.4 Å². The first-order valence-corrected chi connectivity index (χ1v) is 4.68. The number of hydrazone groups is 1. The van der Waals surface area contributed by atoms with E-state index in [0.717, 1.165) is 0 Å². The molecule has 1 aromatic carbocycles. The lowest BCUT2D eigenvalue weighted by atomic mass is 10.2. The number of para-hydroxylation sites is 1. The van der Waals surface area contributed by atoms with Crippen LogP contribution in [-0.4, -0.2) is 24.8 Å². The number of nitrogens with one attached hydrogen (secondary N) is 1. The van der Waals surface area contributed by atoms with Crippen molar-refractivity contribution in [2.45, 2.75) is 0 Å². The van der Waals surface area contributed by atoms with Crippen molar-refractivity contribution in [1.82, 2.24) is 5.43 Å². The molecular formula is C10H12N4O3. The Morgan fingerprint density at radius 3 is 2.71 bits per heavy atom. The molecule has 17 heavy (non-hydrogen) atoms. The molecule has 0 spiro atoms. The summed E-state index contributed by atoms with van der Waals surface area (Å²) in [4.78, 5) is 21.0. The molecule has 3 amide bonds. The largest absolute Gasteiger partial charge is 0.483 e. The average molecular weight is 236 g/mol. The Bertz CT molecular complexity index is 445. The summed E-state index contributed by atoms with van der Waals surface area (Å²) >= 11 is 0. The number of primary amides is 2. The summed E-state index contributed by atoms with van der Waals surface area (Å²) in [6, 6.07) is 6.06. The quantitative estimate of drug-likeness (QED) is 0.474. The van der Waals surface area contributed by atoms with E-state index < -0.39 is 11.9 Å². The highest BCUT2D eigenvalue weighted by atomic mass is 16.5. The number of rotatable bonds is 5. The van der Waals surface area contributed by atoms with Gasteiger partial charge in [0.05, 0.1) is 6.21 Å². The Morgan fingerprint density at radius 2 is 2.06 bits per heavy atom. The van der Waals surface area contributed by atoms with E-state index in [2.05, 4.69) is 5.10 Å². The number of carbonyl (C=O) groups is 2. The summed E-state index contributed by atoms with van der Waals surface area (Å²) in [6.45, 7) is -0.228. The summed E-state index contributed by atoms with van der Waals surface area (Å²) in [5.41, 5.74) is 12.4. The highest BCUT2D eigenvalue weighted by Crippen LogP contribution is 2.15. The Morgan fingerprint density at radius 1 is 1.35 bits per heavy atom. The van der Waals surface area contributed by atoms with Crippen molar-refractivity contribution in [3.05, 3.63) is 29.8 Å². The zero-order chi connectivity index (χ0) is 12.7. The van der Waals surface area contributed by atoms with Crippen LogP contribution in [0, 0.1) is 0 Å². The molecule has 7 nitrogen and oxygen atoms in total. The van der Waals surface area contributed by atoms with Crippen LogP contribution in [0.25, 0.3) is 0 Å². The van der Waals surface area contributed by atoms with Gasteiger partial charge in [-0.25, -0.2) is 10.2 Å². The molecule has 5 N–H and O–H groups in total. The standard InChI is InChI=1S/C10H12N4O3/c11-9(15)6-17-8-4-2-1-3-7(8)5-13-14-10(12)16/h1-5H,6H2,(H2,11,15)(H3,12,14,16)/b13-5-. The van der Waals surface area contributed by atoms with Crippen molar-refractivity contribution in [3.8, 4) is 5.75 Å². The summed E-state index contributed by atoms with van der Waals surface area (Å²) in [7, 11) is 0. The molecule has 90 valence electrons. The summed E-state index contributed by atoms with van der Waals surface area (Å²) in [6.07, 6.45) is 1.35. The van der Waals surface area contributed by atoms with E-state index in [9.17, 15) is 9.59 Å². The van der Waals surface area contributed by atoms with Crippen LogP contribution in [0.5, 0.6) is 5.75 Å². The molecule has 1 aromatic rings. The summed E-state index contributed by atoms with van der Waals surface area (Å²) < 4.78 is 5.15. The van der Waals surface area contributed by atoms with Gasteiger partial charge in [0.1, 0.15) is 5.75 Å². The van der Waals surface area contributed by atoms with Crippen LogP contribution < -0.4 is 21.6 Å². The second-order valence-electron chi connectivity index (χ2n) is 3.03. The number of amides is 3. The van der Waals surface area contributed by atoms with Crippen LogP contribution in [0.3, 0.4) is 0 Å². The molecule has 0 aliphatic rings. The first-order chi connectivity index (χ1) is 8.09. The molecule has 0 radical (unpaired) electrons. The van der Waals surface area contributed by atoms with E-state index in [1.54, 1.807) is 24.3 Å². The number of hydrogen-bond acceptors (Lipinski definition) is 4. The smallest absolute Gasteiger partial charge is 0.332 e. The van der Waals surface area contributed by atoms with E-state index in [-0.39, 0.29) is 6.61 Å². The Hall–Kier alpha value is -2.57. The van der Waals surface area contributed by atoms with Crippen LogP contribution in [0.4, 0.5) is 4.79 Å². The number of urea groups is 1. The van der Waals surface area contributed by atoms with Gasteiger partial charge in [-0.2, -0.15) is 5.10 Å². The normalized spacial score (nSPS) is 10.1. The van der Waals surface area contributed by atoms with Gasteiger partial charge in [0, 0.05) is 5.56 Å². The number of nitrogens with zero attached hydrogens (tertiary/aromatic N) is 1. The lowest BCUT2D eigenvalue weighted by Crippen LogP contribution is -2.24. The maximum absolute atomic E-state index is 10.6. The Labute approximate surface area is 97.4 Å². The summed E-state index contributed by atoms with van der Waals surface area (Å²) in [5, 5.41) is 3.58. The second kappa shape index (κ2) is 6.11. The summed E-state index contributed by atoms with van der Waals surface area (Å²) in [5.74, 6) is -0.145. The first-order valence-electron chi connectivity index (χ1n) is 4.68. The molecule has 0 fully saturated rings. The third-order valence-electron chi connectivity index (χ3n) is 1.67. The fourth-order valence-corrected chi connectivity index (χ4v) is 1.03. The zero-order valence-electron chi connectivity index (χ0n) is 8.92. The third-order valence-corrected chi connectivity index (χ3v) is 1.67. The molecular weight excluding hydrogens is 224 g/mol. The minimum atomic E-state index is -0.767. The maximum Gasteiger partial charge on any atom is 0.332 e. The van der Waals surface area contributed by atoms with Gasteiger partial charge in [-0.3, -0.25) is 4.79 Å². The van der Waals surface area contributed by atoms with Gasteiger partial charge in [0.15, 0.2) is 6.61 Å².